The van der Waals surface area contributed by atoms with Crippen LogP contribution >= 0.6 is 11.3 Å². The first kappa shape index (κ1) is 18.1. The van der Waals surface area contributed by atoms with E-state index in [1.165, 1.54) is 0 Å². The van der Waals surface area contributed by atoms with Crippen molar-refractivity contribution in [3.05, 3.63) is 26.6 Å². The Hall–Kier alpha value is -2.22. The monoisotopic (exact) mass is 352 g/mol. The normalized spacial score (nSPS) is 12.2. The lowest BCUT2D eigenvalue weighted by molar-refractivity contribution is -0.149. The van der Waals surface area contributed by atoms with E-state index in [2.05, 4.69) is 9.97 Å². The van der Waals surface area contributed by atoms with Gasteiger partial charge in [0.1, 0.15) is 9.71 Å². The van der Waals surface area contributed by atoms with Crippen molar-refractivity contribution in [3.8, 4) is 0 Å². The number of rotatable bonds is 6. The molecule has 0 fully saturated rings. The molecule has 2 heterocycles. The molecule has 2 aromatic heterocycles. The van der Waals surface area contributed by atoms with Gasteiger partial charge in [-0.15, -0.1) is 11.3 Å². The molecule has 0 unspecified atom stereocenters. The lowest BCUT2D eigenvalue weighted by Crippen LogP contribution is -2.17. The molecule has 0 amide bonds. The number of nitrogens with one attached hydrogen (secondary N) is 1. The van der Waals surface area contributed by atoms with E-state index in [0.717, 1.165) is 11.3 Å². The molecule has 0 radical (unpaired) electrons. The number of aryl methyl sites for hydroxylation is 1. The smallest absolute Gasteiger partial charge is 0.348 e. The van der Waals surface area contributed by atoms with Crippen LogP contribution in [0.3, 0.4) is 0 Å². The van der Waals surface area contributed by atoms with Crippen molar-refractivity contribution in [1.29, 1.82) is 0 Å². The van der Waals surface area contributed by atoms with E-state index >= 15 is 0 Å². The first-order chi connectivity index (χ1) is 11.4. The van der Waals surface area contributed by atoms with E-state index < -0.39 is 12.1 Å². The van der Waals surface area contributed by atoms with E-state index in [1.54, 1.807) is 20.8 Å². The standard InChI is InChI=1S/C16H20N2O5S/c1-5-7-10(19)23-9(4)13-17-14(20)11-8(3)12(16(21)22-6-2)24-15(11)18-13/h9H,5-7H2,1-4H3,(H,17,18,20)/t9-/m0/s1. The maximum atomic E-state index is 12.3. The third-order valence-electron chi connectivity index (χ3n) is 3.43. The number of hydrogen-bond acceptors (Lipinski definition) is 7. The van der Waals surface area contributed by atoms with Crippen LogP contribution in [0.4, 0.5) is 0 Å². The van der Waals surface area contributed by atoms with Gasteiger partial charge in [-0.05, 0) is 32.8 Å². The summed E-state index contributed by atoms with van der Waals surface area (Å²) in [6, 6.07) is 0. The van der Waals surface area contributed by atoms with Gasteiger partial charge in [-0.2, -0.15) is 0 Å². The predicted octanol–water partition coefficient (Wildman–Crippen LogP) is 2.87. The van der Waals surface area contributed by atoms with Crippen molar-refractivity contribution in [2.24, 2.45) is 0 Å². The summed E-state index contributed by atoms with van der Waals surface area (Å²) in [7, 11) is 0. The summed E-state index contributed by atoms with van der Waals surface area (Å²) in [6.07, 6.45) is 0.318. The summed E-state index contributed by atoms with van der Waals surface area (Å²) in [6.45, 7) is 7.18. The molecule has 1 atom stereocenters. The third-order valence-corrected chi connectivity index (χ3v) is 4.59. The minimum absolute atomic E-state index is 0.256. The number of H-pyrrole nitrogens is 1. The van der Waals surface area contributed by atoms with Crippen LogP contribution in [0, 0.1) is 6.92 Å². The molecule has 0 spiro atoms. The number of aromatic amines is 1. The molecular formula is C16H20N2O5S. The van der Waals surface area contributed by atoms with E-state index in [4.69, 9.17) is 9.47 Å². The van der Waals surface area contributed by atoms with Crippen LogP contribution in [-0.2, 0) is 14.3 Å². The Morgan fingerprint density at radius 2 is 2.04 bits per heavy atom. The van der Waals surface area contributed by atoms with Crippen molar-refractivity contribution >= 4 is 33.5 Å². The van der Waals surface area contributed by atoms with E-state index in [9.17, 15) is 14.4 Å². The molecule has 2 aromatic rings. The Balaban J connectivity index is 2.41. The number of nitrogens with zero attached hydrogens (tertiary/aromatic N) is 1. The second-order valence-electron chi connectivity index (χ2n) is 5.29. The zero-order valence-electron chi connectivity index (χ0n) is 14.1. The van der Waals surface area contributed by atoms with Gasteiger partial charge in [0.15, 0.2) is 11.9 Å². The van der Waals surface area contributed by atoms with Gasteiger partial charge in [0.2, 0.25) is 0 Å². The van der Waals surface area contributed by atoms with Gasteiger partial charge in [-0.25, -0.2) is 9.78 Å². The van der Waals surface area contributed by atoms with Crippen molar-refractivity contribution in [2.45, 2.75) is 46.6 Å². The summed E-state index contributed by atoms with van der Waals surface area (Å²) in [5.74, 6) is -0.558. The van der Waals surface area contributed by atoms with E-state index in [1.807, 2.05) is 6.92 Å². The van der Waals surface area contributed by atoms with Crippen molar-refractivity contribution < 1.29 is 19.1 Å². The van der Waals surface area contributed by atoms with Crippen molar-refractivity contribution in [3.63, 3.8) is 0 Å². The Bertz CT molecular complexity index is 824. The highest BCUT2D eigenvalue weighted by Gasteiger charge is 2.22. The minimum atomic E-state index is -0.672. The Kier molecular flexibility index (Phi) is 5.71. The predicted molar refractivity (Wildman–Crippen MR) is 90.3 cm³/mol. The van der Waals surface area contributed by atoms with Crippen LogP contribution in [0.15, 0.2) is 4.79 Å². The SMILES string of the molecule is CCCC(=O)O[C@@H](C)c1nc2sc(C(=O)OCC)c(C)c2c(=O)[nH]1. The summed E-state index contributed by atoms with van der Waals surface area (Å²) in [4.78, 5) is 43.7. The van der Waals surface area contributed by atoms with Crippen molar-refractivity contribution in [1.82, 2.24) is 9.97 Å². The maximum absolute atomic E-state index is 12.3. The number of carbonyl (C=O) groups is 2. The fourth-order valence-corrected chi connectivity index (χ4v) is 3.34. The Morgan fingerprint density at radius 3 is 2.67 bits per heavy atom. The molecule has 24 heavy (non-hydrogen) atoms. The molecule has 0 aliphatic rings. The summed E-state index contributed by atoms with van der Waals surface area (Å²) < 4.78 is 10.2. The van der Waals surface area contributed by atoms with Gasteiger partial charge in [-0.3, -0.25) is 9.59 Å². The zero-order chi connectivity index (χ0) is 17.9. The van der Waals surface area contributed by atoms with Gasteiger partial charge < -0.3 is 14.5 Å². The summed E-state index contributed by atoms with van der Waals surface area (Å²) in [5.41, 5.74) is 0.182. The van der Waals surface area contributed by atoms with Gasteiger partial charge in [0, 0.05) is 6.42 Å². The third kappa shape index (κ3) is 3.64. The quantitative estimate of drug-likeness (QED) is 0.803. The lowest BCUT2D eigenvalue weighted by atomic mass is 10.2. The Morgan fingerprint density at radius 1 is 1.33 bits per heavy atom. The fourth-order valence-electron chi connectivity index (χ4n) is 2.26. The van der Waals surface area contributed by atoms with Crippen LogP contribution in [0.25, 0.3) is 10.2 Å². The molecule has 130 valence electrons. The molecular weight excluding hydrogens is 332 g/mol. The molecule has 1 N–H and O–H groups in total. The average Bonchev–Trinajstić information content (AvgIpc) is 2.85. The highest BCUT2D eigenvalue weighted by Crippen LogP contribution is 2.28. The minimum Gasteiger partial charge on any atom is -0.462 e. The number of aromatic nitrogens is 2. The first-order valence-corrected chi connectivity index (χ1v) is 8.60. The second-order valence-corrected chi connectivity index (χ2v) is 6.29. The van der Waals surface area contributed by atoms with Gasteiger partial charge in [0.05, 0.1) is 12.0 Å². The number of esters is 2. The fraction of sp³-hybridized carbons (Fsp3) is 0.500. The van der Waals surface area contributed by atoms with Crippen molar-refractivity contribution in [2.75, 3.05) is 6.61 Å². The molecule has 0 aliphatic carbocycles. The molecule has 0 aliphatic heterocycles. The number of carbonyl (C=O) groups excluding carboxylic acids is 2. The van der Waals surface area contributed by atoms with Gasteiger partial charge in [-0.1, -0.05) is 6.92 Å². The first-order valence-electron chi connectivity index (χ1n) is 7.78. The van der Waals surface area contributed by atoms with E-state index in [0.29, 0.717) is 33.5 Å². The zero-order valence-corrected chi connectivity index (χ0v) is 14.9. The molecule has 0 bridgehead atoms. The average molecular weight is 352 g/mol. The lowest BCUT2D eigenvalue weighted by Gasteiger charge is -2.12. The number of ether oxygens (including phenoxy) is 2. The topological polar surface area (TPSA) is 98.3 Å². The van der Waals surface area contributed by atoms with Crippen LogP contribution in [0.2, 0.25) is 0 Å². The molecule has 0 saturated carbocycles. The molecule has 8 heteroatoms. The van der Waals surface area contributed by atoms with Crippen LogP contribution < -0.4 is 5.56 Å². The molecule has 0 saturated heterocycles. The highest BCUT2D eigenvalue weighted by atomic mass is 32.1. The van der Waals surface area contributed by atoms with E-state index in [-0.39, 0.29) is 24.0 Å². The number of thiophene rings is 1. The Labute approximate surface area is 143 Å². The largest absolute Gasteiger partial charge is 0.462 e. The molecule has 0 aromatic carbocycles. The van der Waals surface area contributed by atoms with Gasteiger partial charge in [0.25, 0.3) is 5.56 Å². The van der Waals surface area contributed by atoms with Crippen LogP contribution in [0.5, 0.6) is 0 Å². The summed E-state index contributed by atoms with van der Waals surface area (Å²) in [5, 5.41) is 0.360. The van der Waals surface area contributed by atoms with Crippen LogP contribution in [-0.4, -0.2) is 28.5 Å². The number of hydrogen-bond donors (Lipinski definition) is 1. The number of fused-ring (bicyclic) bond motifs is 1. The molecule has 7 nitrogen and oxygen atoms in total. The maximum Gasteiger partial charge on any atom is 0.348 e. The second kappa shape index (κ2) is 7.57. The highest BCUT2D eigenvalue weighted by molar-refractivity contribution is 7.20. The summed E-state index contributed by atoms with van der Waals surface area (Å²) >= 11 is 1.10. The van der Waals surface area contributed by atoms with Gasteiger partial charge >= 0.3 is 11.9 Å². The molecule has 2 rings (SSSR count). The van der Waals surface area contributed by atoms with Crippen LogP contribution in [0.1, 0.15) is 60.8 Å².